The predicted molar refractivity (Wildman–Crippen MR) is 135 cm³/mol. The van der Waals surface area contributed by atoms with Crippen LogP contribution in [-0.2, 0) is 11.2 Å². The van der Waals surface area contributed by atoms with E-state index in [0.717, 1.165) is 33.7 Å². The van der Waals surface area contributed by atoms with Crippen molar-refractivity contribution < 1.29 is 18.4 Å². The van der Waals surface area contributed by atoms with E-state index in [-0.39, 0.29) is 12.1 Å². The third kappa shape index (κ3) is 5.65. The normalized spacial score (nSPS) is 11.4. The summed E-state index contributed by atoms with van der Waals surface area (Å²) >= 11 is 1.26. The number of hydrogen-bond acceptors (Lipinski definition) is 4. The minimum Gasteiger partial charge on any atom is -0.341 e. The van der Waals surface area contributed by atoms with Gasteiger partial charge in [0.1, 0.15) is 24.2 Å². The quantitative estimate of drug-likeness (QED) is 0.320. The van der Waals surface area contributed by atoms with Crippen LogP contribution in [0.25, 0.3) is 21.6 Å². The number of halogens is 2. The Kier molecular flexibility index (Phi) is 7.83. The lowest BCUT2D eigenvalue weighted by atomic mass is 10.0. The second kappa shape index (κ2) is 11.4. The molecule has 8 heteroatoms. The van der Waals surface area contributed by atoms with Gasteiger partial charge in [0.2, 0.25) is 5.91 Å². The molecular weight excluding hydrogens is 480 g/mol. The van der Waals surface area contributed by atoms with Crippen LogP contribution in [0.1, 0.15) is 15.2 Å². The zero-order chi connectivity index (χ0) is 25.5. The number of nitrogens with zero attached hydrogens (tertiary/aromatic N) is 1. The Morgan fingerprint density at radius 1 is 0.889 bits per heavy atom. The highest BCUT2D eigenvalue weighted by molar-refractivity contribution is 7.18. The van der Waals surface area contributed by atoms with Gasteiger partial charge in [0.25, 0.3) is 5.91 Å². The van der Waals surface area contributed by atoms with E-state index in [9.17, 15) is 18.4 Å². The molecule has 2 N–H and O–H groups in total. The standard InChI is InChI=1S/C28H21F2N3O2S/c29-22-12-7-13-23(30)21(22)16-24(27(34)32-15-14-31)33-28(35)25-17-20(18-8-3-1-4-9-18)26(36-25)19-10-5-2-6-11-19/h1-13,17,24H,15-16H2,(H,32,34)(H,33,35). The molecule has 0 bridgehead atoms. The second-order valence-electron chi connectivity index (χ2n) is 7.89. The monoisotopic (exact) mass is 501 g/mol. The SMILES string of the molecule is N#CCNC(=O)C(Cc1c(F)cccc1F)NC(=O)c1cc(-c2ccccc2)c(-c2ccccc2)s1. The summed E-state index contributed by atoms with van der Waals surface area (Å²) in [4.78, 5) is 27.2. The second-order valence-corrected chi connectivity index (χ2v) is 8.94. The van der Waals surface area contributed by atoms with Crippen LogP contribution in [0.5, 0.6) is 0 Å². The van der Waals surface area contributed by atoms with Crippen LogP contribution < -0.4 is 10.6 Å². The Balaban J connectivity index is 1.67. The minimum absolute atomic E-state index is 0.305. The van der Waals surface area contributed by atoms with Crippen molar-refractivity contribution in [1.29, 1.82) is 5.26 Å². The van der Waals surface area contributed by atoms with Gasteiger partial charge in [0.05, 0.1) is 10.9 Å². The Hall–Kier alpha value is -4.35. The van der Waals surface area contributed by atoms with Crippen molar-refractivity contribution in [3.05, 3.63) is 107 Å². The van der Waals surface area contributed by atoms with Crippen LogP contribution in [0, 0.1) is 23.0 Å². The Bertz CT molecular complexity index is 1340. The molecule has 2 amide bonds. The van der Waals surface area contributed by atoms with Crippen LogP contribution in [0.15, 0.2) is 84.9 Å². The summed E-state index contributed by atoms with van der Waals surface area (Å²) in [6.07, 6.45) is -0.413. The number of hydrogen-bond donors (Lipinski definition) is 2. The number of benzene rings is 3. The Labute approximate surface area is 211 Å². The average molecular weight is 502 g/mol. The summed E-state index contributed by atoms with van der Waals surface area (Å²) in [5, 5.41) is 13.8. The van der Waals surface area contributed by atoms with Crippen molar-refractivity contribution in [2.75, 3.05) is 6.54 Å². The summed E-state index contributed by atoms with van der Waals surface area (Å²) < 4.78 is 28.6. The molecule has 36 heavy (non-hydrogen) atoms. The molecule has 1 aromatic heterocycles. The van der Waals surface area contributed by atoms with Crippen molar-refractivity contribution in [3.63, 3.8) is 0 Å². The van der Waals surface area contributed by atoms with E-state index in [1.54, 1.807) is 12.1 Å². The van der Waals surface area contributed by atoms with Crippen molar-refractivity contribution in [1.82, 2.24) is 10.6 Å². The molecule has 0 aliphatic heterocycles. The number of thiophene rings is 1. The fourth-order valence-corrected chi connectivity index (χ4v) is 4.85. The van der Waals surface area contributed by atoms with Gasteiger partial charge in [-0.1, -0.05) is 66.7 Å². The molecule has 0 saturated heterocycles. The fraction of sp³-hybridized carbons (Fsp3) is 0.107. The molecule has 0 aliphatic rings. The molecule has 1 unspecified atom stereocenters. The maximum atomic E-state index is 14.3. The maximum Gasteiger partial charge on any atom is 0.262 e. The van der Waals surface area contributed by atoms with Crippen LogP contribution in [0.3, 0.4) is 0 Å². The fourth-order valence-electron chi connectivity index (χ4n) is 3.76. The van der Waals surface area contributed by atoms with E-state index < -0.39 is 35.9 Å². The zero-order valence-electron chi connectivity index (χ0n) is 19.0. The lowest BCUT2D eigenvalue weighted by molar-refractivity contribution is -0.122. The molecule has 5 nitrogen and oxygen atoms in total. The topological polar surface area (TPSA) is 82.0 Å². The largest absolute Gasteiger partial charge is 0.341 e. The third-order valence-corrected chi connectivity index (χ3v) is 6.69. The van der Waals surface area contributed by atoms with Gasteiger partial charge in [-0.2, -0.15) is 5.26 Å². The van der Waals surface area contributed by atoms with Gasteiger partial charge < -0.3 is 10.6 Å². The predicted octanol–water partition coefficient (Wildman–Crippen LogP) is 5.34. The van der Waals surface area contributed by atoms with E-state index in [2.05, 4.69) is 10.6 Å². The molecular formula is C28H21F2N3O2S. The lowest BCUT2D eigenvalue weighted by Gasteiger charge is -2.18. The molecule has 4 rings (SSSR count). The van der Waals surface area contributed by atoms with Crippen LogP contribution >= 0.6 is 11.3 Å². The van der Waals surface area contributed by atoms with Gasteiger partial charge in [-0.05, 0) is 29.3 Å². The third-order valence-electron chi connectivity index (χ3n) is 5.51. The summed E-state index contributed by atoms with van der Waals surface area (Å²) in [6.45, 7) is -0.305. The molecule has 4 aromatic rings. The van der Waals surface area contributed by atoms with Crippen LogP contribution in [0.2, 0.25) is 0 Å². The minimum atomic E-state index is -1.29. The summed E-state index contributed by atoms with van der Waals surface area (Å²) in [7, 11) is 0. The van der Waals surface area contributed by atoms with E-state index in [0.29, 0.717) is 4.88 Å². The van der Waals surface area contributed by atoms with Crippen molar-refractivity contribution in [2.24, 2.45) is 0 Å². The van der Waals surface area contributed by atoms with Crippen molar-refractivity contribution in [2.45, 2.75) is 12.5 Å². The molecule has 0 radical (unpaired) electrons. The average Bonchev–Trinajstić information content (AvgIpc) is 3.35. The Morgan fingerprint density at radius 3 is 2.11 bits per heavy atom. The van der Waals surface area contributed by atoms with E-state index in [1.807, 2.05) is 60.7 Å². The highest BCUT2D eigenvalue weighted by atomic mass is 32.1. The first-order chi connectivity index (χ1) is 17.5. The first-order valence-electron chi connectivity index (χ1n) is 11.1. The van der Waals surface area contributed by atoms with Crippen LogP contribution in [-0.4, -0.2) is 24.4 Å². The molecule has 0 fully saturated rings. The molecule has 1 heterocycles. The van der Waals surface area contributed by atoms with E-state index in [1.165, 1.54) is 17.4 Å². The van der Waals surface area contributed by atoms with Gasteiger partial charge in [0.15, 0.2) is 0 Å². The number of nitriles is 1. The van der Waals surface area contributed by atoms with Crippen molar-refractivity contribution in [3.8, 4) is 27.6 Å². The molecule has 0 spiro atoms. The molecule has 1 atom stereocenters. The smallest absolute Gasteiger partial charge is 0.262 e. The molecule has 0 saturated carbocycles. The number of rotatable bonds is 8. The first-order valence-corrected chi connectivity index (χ1v) is 11.9. The molecule has 3 aromatic carbocycles. The number of carbonyl (C=O) groups is 2. The first kappa shape index (κ1) is 24.8. The Morgan fingerprint density at radius 2 is 1.50 bits per heavy atom. The molecule has 180 valence electrons. The van der Waals surface area contributed by atoms with Gasteiger partial charge in [-0.25, -0.2) is 8.78 Å². The summed E-state index contributed by atoms with van der Waals surface area (Å²) in [6, 6.07) is 24.8. The number of carbonyl (C=O) groups excluding carboxylic acids is 2. The van der Waals surface area contributed by atoms with E-state index >= 15 is 0 Å². The van der Waals surface area contributed by atoms with Gasteiger partial charge in [0, 0.05) is 22.4 Å². The van der Waals surface area contributed by atoms with Gasteiger partial charge >= 0.3 is 0 Å². The highest BCUT2D eigenvalue weighted by Crippen LogP contribution is 2.39. The van der Waals surface area contributed by atoms with Gasteiger partial charge in [-0.3, -0.25) is 9.59 Å². The number of amides is 2. The van der Waals surface area contributed by atoms with Crippen molar-refractivity contribution >= 4 is 23.2 Å². The molecule has 0 aliphatic carbocycles. The number of nitrogens with one attached hydrogen (secondary N) is 2. The summed E-state index contributed by atoms with van der Waals surface area (Å²) in [5.74, 6) is -2.92. The van der Waals surface area contributed by atoms with Crippen LogP contribution in [0.4, 0.5) is 8.78 Å². The summed E-state index contributed by atoms with van der Waals surface area (Å²) in [5.41, 5.74) is 2.37. The maximum absolute atomic E-state index is 14.3. The van der Waals surface area contributed by atoms with E-state index in [4.69, 9.17) is 5.26 Å². The highest BCUT2D eigenvalue weighted by Gasteiger charge is 2.26. The lowest BCUT2D eigenvalue weighted by Crippen LogP contribution is -2.48. The zero-order valence-corrected chi connectivity index (χ0v) is 19.8. The van der Waals surface area contributed by atoms with Gasteiger partial charge in [-0.15, -0.1) is 11.3 Å².